The summed E-state index contributed by atoms with van der Waals surface area (Å²) in [6, 6.07) is 20.6. The maximum atomic E-state index is 6.32. The van der Waals surface area contributed by atoms with Crippen molar-refractivity contribution in [2.45, 2.75) is 12.5 Å². The largest absolute Gasteiger partial charge is 0.324 e. The van der Waals surface area contributed by atoms with Crippen LogP contribution in [0, 0.1) is 0 Å². The standard InChI is InChI=1S/C18H15BrClN/c19-15-7-8-16(17(20)11-15)18(21)10-12-5-6-13-3-1-2-4-14(13)9-12/h1-9,11,18H,10,21H2. The maximum Gasteiger partial charge on any atom is 0.0465 e. The van der Waals surface area contributed by atoms with E-state index in [4.69, 9.17) is 17.3 Å². The zero-order chi connectivity index (χ0) is 14.8. The number of benzene rings is 3. The fourth-order valence-corrected chi connectivity index (χ4v) is 3.35. The third-order valence-electron chi connectivity index (χ3n) is 3.63. The minimum Gasteiger partial charge on any atom is -0.324 e. The minimum atomic E-state index is -0.105. The van der Waals surface area contributed by atoms with Gasteiger partial charge in [-0.05, 0) is 40.5 Å². The molecule has 1 unspecified atom stereocenters. The molecule has 1 nitrogen and oxygen atoms in total. The van der Waals surface area contributed by atoms with Gasteiger partial charge in [0.1, 0.15) is 0 Å². The van der Waals surface area contributed by atoms with Gasteiger partial charge in [-0.2, -0.15) is 0 Å². The summed E-state index contributed by atoms with van der Waals surface area (Å²) in [5.41, 5.74) is 8.52. The van der Waals surface area contributed by atoms with Gasteiger partial charge >= 0.3 is 0 Å². The molecule has 0 heterocycles. The number of rotatable bonds is 3. The molecule has 0 aromatic heterocycles. The zero-order valence-electron chi connectivity index (χ0n) is 11.4. The minimum absolute atomic E-state index is 0.105. The Labute approximate surface area is 137 Å². The van der Waals surface area contributed by atoms with Crippen LogP contribution in [-0.2, 0) is 6.42 Å². The average molecular weight is 361 g/mol. The van der Waals surface area contributed by atoms with E-state index in [9.17, 15) is 0 Å². The number of halogens is 2. The van der Waals surface area contributed by atoms with Gasteiger partial charge < -0.3 is 5.73 Å². The summed E-state index contributed by atoms with van der Waals surface area (Å²) in [6.45, 7) is 0. The van der Waals surface area contributed by atoms with Crippen LogP contribution in [0.5, 0.6) is 0 Å². The molecule has 0 aliphatic rings. The first kappa shape index (κ1) is 14.6. The number of hydrogen-bond acceptors (Lipinski definition) is 1. The molecular weight excluding hydrogens is 346 g/mol. The molecule has 2 N–H and O–H groups in total. The molecule has 21 heavy (non-hydrogen) atoms. The van der Waals surface area contributed by atoms with Crippen molar-refractivity contribution in [1.29, 1.82) is 0 Å². The molecule has 0 fully saturated rings. The fraction of sp³-hybridized carbons (Fsp3) is 0.111. The predicted octanol–water partition coefficient (Wildman–Crippen LogP) is 5.50. The lowest BCUT2D eigenvalue weighted by atomic mass is 9.97. The maximum absolute atomic E-state index is 6.32. The van der Waals surface area contributed by atoms with Crippen LogP contribution in [0.3, 0.4) is 0 Å². The molecule has 0 aliphatic heterocycles. The third-order valence-corrected chi connectivity index (χ3v) is 4.45. The van der Waals surface area contributed by atoms with E-state index in [0.717, 1.165) is 16.5 Å². The smallest absolute Gasteiger partial charge is 0.0465 e. The van der Waals surface area contributed by atoms with E-state index >= 15 is 0 Å². The first-order valence-corrected chi connectivity index (χ1v) is 7.99. The van der Waals surface area contributed by atoms with Gasteiger partial charge in [0.15, 0.2) is 0 Å². The summed E-state index contributed by atoms with van der Waals surface area (Å²) in [5, 5.41) is 3.19. The van der Waals surface area contributed by atoms with Gasteiger partial charge in [-0.3, -0.25) is 0 Å². The molecule has 0 amide bonds. The predicted molar refractivity (Wildman–Crippen MR) is 93.7 cm³/mol. The zero-order valence-corrected chi connectivity index (χ0v) is 13.7. The summed E-state index contributed by atoms with van der Waals surface area (Å²) in [6.07, 6.45) is 0.770. The van der Waals surface area contributed by atoms with Crippen molar-refractivity contribution in [3.8, 4) is 0 Å². The van der Waals surface area contributed by atoms with Gasteiger partial charge in [-0.15, -0.1) is 0 Å². The topological polar surface area (TPSA) is 26.0 Å². The highest BCUT2D eigenvalue weighted by Gasteiger charge is 2.11. The van der Waals surface area contributed by atoms with E-state index in [1.54, 1.807) is 0 Å². The molecule has 0 aliphatic carbocycles. The second-order valence-electron chi connectivity index (χ2n) is 5.16. The molecule has 3 aromatic rings. The summed E-state index contributed by atoms with van der Waals surface area (Å²) in [4.78, 5) is 0. The molecule has 0 saturated heterocycles. The highest BCUT2D eigenvalue weighted by atomic mass is 79.9. The molecule has 3 rings (SSSR count). The van der Waals surface area contributed by atoms with Crippen molar-refractivity contribution >= 4 is 38.3 Å². The monoisotopic (exact) mass is 359 g/mol. The highest BCUT2D eigenvalue weighted by molar-refractivity contribution is 9.10. The molecular formula is C18H15BrClN. The highest BCUT2D eigenvalue weighted by Crippen LogP contribution is 2.28. The van der Waals surface area contributed by atoms with Gasteiger partial charge in [0.25, 0.3) is 0 Å². The van der Waals surface area contributed by atoms with Crippen molar-refractivity contribution in [3.63, 3.8) is 0 Å². The first-order valence-electron chi connectivity index (χ1n) is 6.82. The summed E-state index contributed by atoms with van der Waals surface area (Å²) >= 11 is 9.69. The SMILES string of the molecule is NC(Cc1ccc2ccccc2c1)c1ccc(Br)cc1Cl. The van der Waals surface area contributed by atoms with E-state index in [1.807, 2.05) is 18.2 Å². The van der Waals surface area contributed by atoms with Crippen molar-refractivity contribution in [2.24, 2.45) is 5.73 Å². The van der Waals surface area contributed by atoms with Crippen LogP contribution < -0.4 is 5.73 Å². The lowest BCUT2D eigenvalue weighted by Gasteiger charge is -2.14. The van der Waals surface area contributed by atoms with Gasteiger partial charge in [-0.1, -0.05) is 76.1 Å². The van der Waals surface area contributed by atoms with Crippen LogP contribution in [0.1, 0.15) is 17.2 Å². The van der Waals surface area contributed by atoms with Crippen molar-refractivity contribution in [2.75, 3.05) is 0 Å². The van der Waals surface area contributed by atoms with Crippen molar-refractivity contribution in [3.05, 3.63) is 81.3 Å². The summed E-state index contributed by atoms with van der Waals surface area (Å²) in [7, 11) is 0. The van der Waals surface area contributed by atoms with E-state index < -0.39 is 0 Å². The van der Waals surface area contributed by atoms with E-state index in [1.165, 1.54) is 16.3 Å². The number of fused-ring (bicyclic) bond motifs is 1. The average Bonchev–Trinajstić information content (AvgIpc) is 2.47. The molecule has 0 bridgehead atoms. The molecule has 0 saturated carbocycles. The second kappa shape index (κ2) is 6.18. The van der Waals surface area contributed by atoms with Gasteiger partial charge in [0.05, 0.1) is 0 Å². The van der Waals surface area contributed by atoms with E-state index in [-0.39, 0.29) is 6.04 Å². The van der Waals surface area contributed by atoms with E-state index in [0.29, 0.717) is 5.02 Å². The van der Waals surface area contributed by atoms with Gasteiger partial charge in [0, 0.05) is 15.5 Å². The normalized spacial score (nSPS) is 12.5. The number of nitrogens with two attached hydrogens (primary N) is 1. The Hall–Kier alpha value is -1.35. The molecule has 106 valence electrons. The molecule has 3 aromatic carbocycles. The number of hydrogen-bond donors (Lipinski definition) is 1. The molecule has 0 radical (unpaired) electrons. The van der Waals surface area contributed by atoms with E-state index in [2.05, 4.69) is 58.4 Å². The Kier molecular flexibility index (Phi) is 4.29. The van der Waals surface area contributed by atoms with Crippen LogP contribution >= 0.6 is 27.5 Å². The third kappa shape index (κ3) is 3.29. The van der Waals surface area contributed by atoms with Crippen LogP contribution in [0.15, 0.2) is 65.1 Å². The molecule has 0 spiro atoms. The Bertz CT molecular complexity index is 785. The lowest BCUT2D eigenvalue weighted by molar-refractivity contribution is 0.722. The Morgan fingerprint density at radius 1 is 0.952 bits per heavy atom. The van der Waals surface area contributed by atoms with Crippen molar-refractivity contribution < 1.29 is 0 Å². The first-order chi connectivity index (χ1) is 10.1. The fourth-order valence-electron chi connectivity index (χ4n) is 2.53. The van der Waals surface area contributed by atoms with Crippen LogP contribution in [0.4, 0.5) is 0 Å². The Morgan fingerprint density at radius 3 is 2.48 bits per heavy atom. The van der Waals surface area contributed by atoms with Crippen LogP contribution in [0.25, 0.3) is 10.8 Å². The van der Waals surface area contributed by atoms with Crippen molar-refractivity contribution in [1.82, 2.24) is 0 Å². The lowest BCUT2D eigenvalue weighted by Crippen LogP contribution is -2.13. The Morgan fingerprint density at radius 2 is 1.71 bits per heavy atom. The molecule has 3 heteroatoms. The second-order valence-corrected chi connectivity index (χ2v) is 6.48. The quantitative estimate of drug-likeness (QED) is 0.656. The summed E-state index contributed by atoms with van der Waals surface area (Å²) in [5.74, 6) is 0. The van der Waals surface area contributed by atoms with Gasteiger partial charge in [0.2, 0.25) is 0 Å². The van der Waals surface area contributed by atoms with Crippen LogP contribution in [-0.4, -0.2) is 0 Å². The Balaban J connectivity index is 1.87. The molecule has 1 atom stereocenters. The summed E-state index contributed by atoms with van der Waals surface area (Å²) < 4.78 is 0.967. The van der Waals surface area contributed by atoms with Crippen LogP contribution in [0.2, 0.25) is 5.02 Å². The van der Waals surface area contributed by atoms with Gasteiger partial charge in [-0.25, -0.2) is 0 Å².